The molecule has 6 nitrogen and oxygen atoms in total. The Morgan fingerprint density at radius 2 is 2.14 bits per heavy atom. The minimum Gasteiger partial charge on any atom is -0.452 e. The number of hydrogen-bond donors (Lipinski definition) is 1. The number of halogens is 1. The Balaban J connectivity index is 2.91. The summed E-state index contributed by atoms with van der Waals surface area (Å²) in [6.07, 6.45) is 1.01. The molecule has 0 radical (unpaired) electrons. The molecule has 21 heavy (non-hydrogen) atoms. The largest absolute Gasteiger partial charge is 0.452 e. The van der Waals surface area contributed by atoms with Gasteiger partial charge in [-0.25, -0.2) is 8.42 Å². The molecule has 0 spiro atoms. The first-order valence-electron chi connectivity index (χ1n) is 6.95. The first kappa shape index (κ1) is 18.6. The summed E-state index contributed by atoms with van der Waals surface area (Å²) in [4.78, 5) is 0.161. The van der Waals surface area contributed by atoms with Gasteiger partial charge in [-0.05, 0) is 28.9 Å². The maximum atomic E-state index is 12.6. The van der Waals surface area contributed by atoms with Gasteiger partial charge in [0.15, 0.2) is 4.67 Å². The summed E-state index contributed by atoms with van der Waals surface area (Å²) in [6, 6.07) is 1.57. The molecule has 1 aromatic rings. The Hall–Kier alpha value is -0.410. The lowest BCUT2D eigenvalue weighted by Gasteiger charge is -2.19. The van der Waals surface area contributed by atoms with Crippen LogP contribution in [-0.2, 0) is 21.3 Å². The normalized spacial score (nSPS) is 12.2. The number of likely N-dealkylation sites (N-methyl/N-ethyl adjacent to an activating group) is 1. The van der Waals surface area contributed by atoms with E-state index in [9.17, 15) is 8.42 Å². The van der Waals surface area contributed by atoms with Crippen LogP contribution in [0.25, 0.3) is 0 Å². The first-order chi connectivity index (χ1) is 9.97. The fourth-order valence-corrected chi connectivity index (χ4v) is 4.22. The van der Waals surface area contributed by atoms with E-state index in [1.165, 1.54) is 4.31 Å². The number of ether oxygens (including phenoxy) is 1. The van der Waals surface area contributed by atoms with Crippen molar-refractivity contribution in [1.82, 2.24) is 9.62 Å². The summed E-state index contributed by atoms with van der Waals surface area (Å²) in [5, 5.41) is 3.18. The second-order valence-electron chi connectivity index (χ2n) is 4.52. The number of sulfonamides is 1. The van der Waals surface area contributed by atoms with Crippen molar-refractivity contribution in [3.8, 4) is 0 Å². The van der Waals surface area contributed by atoms with Crippen LogP contribution in [0.15, 0.2) is 20.0 Å². The second kappa shape index (κ2) is 8.89. The summed E-state index contributed by atoms with van der Waals surface area (Å²) in [5.41, 5.74) is 0. The first-order valence-corrected chi connectivity index (χ1v) is 9.18. The van der Waals surface area contributed by atoms with Crippen molar-refractivity contribution in [3.63, 3.8) is 0 Å². The lowest BCUT2D eigenvalue weighted by atomic mass is 10.4. The molecule has 1 heterocycles. The maximum Gasteiger partial charge on any atom is 0.247 e. The van der Waals surface area contributed by atoms with Gasteiger partial charge in [0.1, 0.15) is 10.7 Å². The van der Waals surface area contributed by atoms with E-state index in [-0.39, 0.29) is 9.56 Å². The van der Waals surface area contributed by atoms with Crippen molar-refractivity contribution in [2.45, 2.75) is 31.7 Å². The van der Waals surface area contributed by atoms with Crippen LogP contribution in [0.3, 0.4) is 0 Å². The molecule has 0 bridgehead atoms. The number of nitrogens with zero attached hydrogens (tertiary/aromatic N) is 1. The highest BCUT2D eigenvalue weighted by molar-refractivity contribution is 9.10. The number of methoxy groups -OCH3 is 1. The molecule has 0 fully saturated rings. The minimum atomic E-state index is -3.58. The highest BCUT2D eigenvalue weighted by Crippen LogP contribution is 2.28. The number of nitrogens with one attached hydrogen (secondary N) is 1. The average Bonchev–Trinajstić information content (AvgIpc) is 2.81. The van der Waals surface area contributed by atoms with Crippen molar-refractivity contribution >= 4 is 26.0 Å². The summed E-state index contributed by atoms with van der Waals surface area (Å²) in [5.74, 6) is 0.594. The second-order valence-corrected chi connectivity index (χ2v) is 7.14. The van der Waals surface area contributed by atoms with Crippen LogP contribution in [0.1, 0.15) is 26.0 Å². The van der Waals surface area contributed by atoms with E-state index in [2.05, 4.69) is 28.2 Å². The van der Waals surface area contributed by atoms with Crippen LogP contribution in [0.5, 0.6) is 0 Å². The van der Waals surface area contributed by atoms with Gasteiger partial charge in [-0.1, -0.05) is 13.8 Å². The van der Waals surface area contributed by atoms with Crippen molar-refractivity contribution in [2.24, 2.45) is 0 Å². The van der Waals surface area contributed by atoms with Gasteiger partial charge in [-0.3, -0.25) is 0 Å². The predicted octanol–water partition coefficient (Wildman–Crippen LogP) is 2.20. The van der Waals surface area contributed by atoms with E-state index < -0.39 is 10.0 Å². The van der Waals surface area contributed by atoms with E-state index in [0.717, 1.165) is 13.0 Å². The number of rotatable bonds is 10. The topological polar surface area (TPSA) is 71.8 Å². The Bertz CT molecular complexity index is 530. The Morgan fingerprint density at radius 3 is 2.71 bits per heavy atom. The third-order valence-electron chi connectivity index (χ3n) is 2.95. The molecule has 1 rings (SSSR count). The van der Waals surface area contributed by atoms with Crippen molar-refractivity contribution in [3.05, 3.63) is 16.5 Å². The van der Waals surface area contributed by atoms with Crippen LogP contribution < -0.4 is 5.32 Å². The standard InChI is InChI=1S/C13H23BrN2O4S/c1-4-6-15-10-11-9-12(13(14)20-11)21(17,18)16(5-2)7-8-19-3/h9,15H,4-8,10H2,1-3H3. The highest BCUT2D eigenvalue weighted by Gasteiger charge is 2.28. The third-order valence-corrected chi connectivity index (χ3v) is 5.78. The van der Waals surface area contributed by atoms with Gasteiger partial charge in [0, 0.05) is 26.3 Å². The van der Waals surface area contributed by atoms with E-state index in [0.29, 0.717) is 32.0 Å². The van der Waals surface area contributed by atoms with Crippen molar-refractivity contribution in [1.29, 1.82) is 0 Å². The van der Waals surface area contributed by atoms with Gasteiger partial charge in [0.2, 0.25) is 10.0 Å². The molecule has 8 heteroatoms. The van der Waals surface area contributed by atoms with Crippen LogP contribution >= 0.6 is 15.9 Å². The molecule has 1 N–H and O–H groups in total. The molecule has 0 aromatic carbocycles. The smallest absolute Gasteiger partial charge is 0.247 e. The summed E-state index contributed by atoms with van der Waals surface area (Å²) < 4.78 is 37.2. The highest BCUT2D eigenvalue weighted by atomic mass is 79.9. The van der Waals surface area contributed by atoms with Gasteiger partial charge in [-0.2, -0.15) is 4.31 Å². The van der Waals surface area contributed by atoms with Gasteiger partial charge in [-0.15, -0.1) is 0 Å². The molecule has 1 aromatic heterocycles. The van der Waals surface area contributed by atoms with Crippen molar-refractivity contribution < 1.29 is 17.6 Å². The molecule has 0 amide bonds. The molecule has 0 aliphatic heterocycles. The lowest BCUT2D eigenvalue weighted by Crippen LogP contribution is -2.33. The Morgan fingerprint density at radius 1 is 1.43 bits per heavy atom. The van der Waals surface area contributed by atoms with Crippen LogP contribution in [0, 0.1) is 0 Å². The zero-order valence-electron chi connectivity index (χ0n) is 12.7. The SMILES string of the molecule is CCCNCc1cc(S(=O)(=O)N(CC)CCOC)c(Br)o1. The molecule has 0 saturated heterocycles. The van der Waals surface area contributed by atoms with Crippen molar-refractivity contribution in [2.75, 3.05) is 33.4 Å². The Kier molecular flexibility index (Phi) is 7.89. The summed E-state index contributed by atoms with van der Waals surface area (Å²) in [6.45, 7) is 6.28. The van der Waals surface area contributed by atoms with Gasteiger partial charge >= 0.3 is 0 Å². The number of hydrogen-bond acceptors (Lipinski definition) is 5. The van der Waals surface area contributed by atoms with Crippen LogP contribution in [0.2, 0.25) is 0 Å². The lowest BCUT2D eigenvalue weighted by molar-refractivity contribution is 0.180. The van der Waals surface area contributed by atoms with Gasteiger partial charge in [0.05, 0.1) is 13.2 Å². The Labute approximate surface area is 135 Å². The number of furan rings is 1. The molecule has 0 aliphatic rings. The third kappa shape index (κ3) is 5.07. The summed E-state index contributed by atoms with van der Waals surface area (Å²) in [7, 11) is -2.03. The van der Waals surface area contributed by atoms with E-state index in [1.807, 2.05) is 0 Å². The van der Waals surface area contributed by atoms with Crippen LogP contribution in [0.4, 0.5) is 0 Å². The minimum absolute atomic E-state index is 0.161. The molecule has 0 saturated carbocycles. The fraction of sp³-hybridized carbons (Fsp3) is 0.692. The monoisotopic (exact) mass is 382 g/mol. The zero-order valence-corrected chi connectivity index (χ0v) is 15.1. The van der Waals surface area contributed by atoms with E-state index in [4.69, 9.17) is 9.15 Å². The average molecular weight is 383 g/mol. The molecule has 122 valence electrons. The molecule has 0 atom stereocenters. The van der Waals surface area contributed by atoms with E-state index >= 15 is 0 Å². The maximum absolute atomic E-state index is 12.6. The van der Waals surface area contributed by atoms with Crippen LogP contribution in [-0.4, -0.2) is 46.1 Å². The molecular formula is C13H23BrN2O4S. The zero-order chi connectivity index (χ0) is 15.9. The molecule has 0 unspecified atom stereocenters. The quantitative estimate of drug-likeness (QED) is 0.628. The van der Waals surface area contributed by atoms with Gasteiger partial charge in [0.25, 0.3) is 0 Å². The van der Waals surface area contributed by atoms with E-state index in [1.54, 1.807) is 20.1 Å². The molecule has 0 aliphatic carbocycles. The molecular weight excluding hydrogens is 360 g/mol. The van der Waals surface area contributed by atoms with Gasteiger partial charge < -0.3 is 14.5 Å². The predicted molar refractivity (Wildman–Crippen MR) is 84.7 cm³/mol. The fourth-order valence-electron chi connectivity index (χ4n) is 1.83. The summed E-state index contributed by atoms with van der Waals surface area (Å²) >= 11 is 3.20.